The predicted molar refractivity (Wildman–Crippen MR) is 159 cm³/mol. The van der Waals surface area contributed by atoms with E-state index in [-0.39, 0.29) is 6.10 Å². The van der Waals surface area contributed by atoms with Crippen LogP contribution in [0.2, 0.25) is 0 Å². The molecule has 0 amide bonds. The summed E-state index contributed by atoms with van der Waals surface area (Å²) in [6.45, 7) is 1.57. The van der Waals surface area contributed by atoms with Gasteiger partial charge in [0, 0.05) is 5.39 Å². The minimum Gasteiger partial charge on any atom is -0.461 e. The van der Waals surface area contributed by atoms with Gasteiger partial charge >= 0.3 is 0 Å². The second-order valence-electron chi connectivity index (χ2n) is 10.2. The summed E-state index contributed by atoms with van der Waals surface area (Å²) in [6, 6.07) is 44.6. The van der Waals surface area contributed by atoms with Crippen LogP contribution < -0.4 is 4.74 Å². The van der Waals surface area contributed by atoms with Crippen molar-refractivity contribution in [3.8, 4) is 5.75 Å². The molecule has 1 fully saturated rings. The average Bonchev–Trinajstić information content (AvgIpc) is 3.04. The number of hydrogen-bond acceptors (Lipinski definition) is 5. The lowest BCUT2D eigenvalue weighted by molar-refractivity contribution is -0.278. The quantitative estimate of drug-likeness (QED) is 0.174. The molecule has 6 rings (SSSR count). The van der Waals surface area contributed by atoms with E-state index < -0.39 is 18.5 Å². The molecule has 0 radical (unpaired) electrons. The maximum absolute atomic E-state index is 6.62. The molecule has 0 aliphatic carbocycles. The Bertz CT molecular complexity index is 1490. The number of benzene rings is 5. The van der Waals surface area contributed by atoms with Crippen molar-refractivity contribution in [3.63, 3.8) is 0 Å². The zero-order chi connectivity index (χ0) is 27.7. The van der Waals surface area contributed by atoms with E-state index in [9.17, 15) is 0 Å². The molecule has 1 saturated heterocycles. The fourth-order valence-electron chi connectivity index (χ4n) is 5.10. The Hall–Kier alpha value is -4.00. The minimum absolute atomic E-state index is 0.312. The molecular formula is C36H34O5. The van der Waals surface area contributed by atoms with Gasteiger partial charge in [0.05, 0.1) is 26.4 Å². The van der Waals surface area contributed by atoms with E-state index in [0.29, 0.717) is 26.4 Å². The van der Waals surface area contributed by atoms with Crippen LogP contribution in [0.3, 0.4) is 0 Å². The van der Waals surface area contributed by atoms with Crippen molar-refractivity contribution >= 4 is 10.8 Å². The summed E-state index contributed by atoms with van der Waals surface area (Å²) in [7, 11) is 0. The van der Waals surface area contributed by atoms with E-state index in [4.69, 9.17) is 23.7 Å². The first-order valence-electron chi connectivity index (χ1n) is 14.1. The first kappa shape index (κ1) is 27.2. The molecule has 1 aliphatic heterocycles. The van der Waals surface area contributed by atoms with Crippen molar-refractivity contribution in [2.45, 2.75) is 44.4 Å². The molecule has 208 valence electrons. The average molecular weight is 547 g/mol. The Morgan fingerprint density at radius 2 is 1.02 bits per heavy atom. The van der Waals surface area contributed by atoms with E-state index in [1.807, 2.05) is 91.0 Å². The normalized spacial score (nSPS) is 20.6. The Morgan fingerprint density at radius 1 is 0.512 bits per heavy atom. The Balaban J connectivity index is 1.29. The summed E-state index contributed by atoms with van der Waals surface area (Å²) in [6.07, 6.45) is -2.03. The number of ether oxygens (including phenoxy) is 5. The van der Waals surface area contributed by atoms with Gasteiger partial charge in [0.1, 0.15) is 24.1 Å². The number of fused-ring (bicyclic) bond motifs is 1. The molecule has 0 bridgehead atoms. The van der Waals surface area contributed by atoms with Gasteiger partial charge in [-0.15, -0.1) is 0 Å². The van der Waals surface area contributed by atoms with Crippen molar-refractivity contribution in [1.29, 1.82) is 0 Å². The van der Waals surface area contributed by atoms with E-state index >= 15 is 0 Å². The summed E-state index contributed by atoms with van der Waals surface area (Å²) in [5, 5.41) is 2.12. The van der Waals surface area contributed by atoms with E-state index in [0.717, 1.165) is 33.2 Å². The smallest absolute Gasteiger partial charge is 0.229 e. The third-order valence-electron chi connectivity index (χ3n) is 7.25. The van der Waals surface area contributed by atoms with Crippen LogP contribution in [-0.4, -0.2) is 31.2 Å². The van der Waals surface area contributed by atoms with Crippen molar-refractivity contribution in [2.75, 3.05) is 6.61 Å². The molecule has 0 aromatic heterocycles. The van der Waals surface area contributed by atoms with Gasteiger partial charge in [-0.1, -0.05) is 127 Å². The van der Waals surface area contributed by atoms with Crippen molar-refractivity contribution in [3.05, 3.63) is 150 Å². The topological polar surface area (TPSA) is 46.2 Å². The fourth-order valence-corrected chi connectivity index (χ4v) is 5.10. The minimum atomic E-state index is -0.693. The maximum atomic E-state index is 6.62. The van der Waals surface area contributed by atoms with Crippen LogP contribution in [0.4, 0.5) is 0 Å². The molecule has 5 aromatic carbocycles. The van der Waals surface area contributed by atoms with Crippen LogP contribution in [0.15, 0.2) is 133 Å². The molecule has 1 aliphatic rings. The largest absolute Gasteiger partial charge is 0.461 e. The van der Waals surface area contributed by atoms with Crippen LogP contribution in [0.1, 0.15) is 16.7 Å². The summed E-state index contributed by atoms with van der Waals surface area (Å²) in [4.78, 5) is 0. The zero-order valence-corrected chi connectivity index (χ0v) is 22.9. The molecule has 5 nitrogen and oxygen atoms in total. The molecule has 0 N–H and O–H groups in total. The highest BCUT2D eigenvalue weighted by molar-refractivity contribution is 5.88. The predicted octanol–water partition coefficient (Wildman–Crippen LogP) is 7.33. The lowest BCUT2D eigenvalue weighted by Crippen LogP contribution is -2.57. The lowest BCUT2D eigenvalue weighted by atomic mass is 10.0. The summed E-state index contributed by atoms with van der Waals surface area (Å²) >= 11 is 0. The van der Waals surface area contributed by atoms with Gasteiger partial charge < -0.3 is 23.7 Å². The first-order valence-corrected chi connectivity index (χ1v) is 14.1. The molecular weight excluding hydrogens is 512 g/mol. The van der Waals surface area contributed by atoms with Crippen LogP contribution >= 0.6 is 0 Å². The zero-order valence-electron chi connectivity index (χ0n) is 22.9. The molecule has 41 heavy (non-hydrogen) atoms. The van der Waals surface area contributed by atoms with Crippen molar-refractivity contribution in [2.24, 2.45) is 0 Å². The van der Waals surface area contributed by atoms with Crippen LogP contribution in [0.25, 0.3) is 10.8 Å². The van der Waals surface area contributed by atoms with Gasteiger partial charge in [-0.25, -0.2) is 0 Å². The van der Waals surface area contributed by atoms with E-state index in [2.05, 4.69) is 42.5 Å². The molecule has 5 heteroatoms. The van der Waals surface area contributed by atoms with Gasteiger partial charge in [0.25, 0.3) is 0 Å². The van der Waals surface area contributed by atoms with Crippen molar-refractivity contribution < 1.29 is 23.7 Å². The number of rotatable bonds is 11. The third kappa shape index (κ3) is 7.02. The van der Waals surface area contributed by atoms with Crippen LogP contribution in [-0.2, 0) is 38.8 Å². The Labute approximate surface area is 241 Å². The van der Waals surface area contributed by atoms with Crippen LogP contribution in [0, 0.1) is 0 Å². The monoisotopic (exact) mass is 546 g/mol. The molecule has 4 atom stereocenters. The highest BCUT2D eigenvalue weighted by Crippen LogP contribution is 2.32. The summed E-state index contributed by atoms with van der Waals surface area (Å²) < 4.78 is 32.6. The highest BCUT2D eigenvalue weighted by atomic mass is 16.7. The molecule has 0 spiro atoms. The standard InChI is InChI=1S/C36H34O5/c1-4-13-27(14-5-1)23-37-33-26-40-36(41-32-22-12-20-30-19-10-11-21-31(30)32)35(39-25-29-17-8-3-9-18-29)34(33)38-24-28-15-6-2-7-16-28/h1-22,33-36H,23-26H2/t33-,34?,35?,36+/m1/s1. The molecule has 5 aromatic rings. The Morgan fingerprint density at radius 3 is 1.66 bits per heavy atom. The summed E-state index contributed by atoms with van der Waals surface area (Å²) in [5.41, 5.74) is 3.23. The third-order valence-corrected chi connectivity index (χ3v) is 7.25. The molecule has 1 heterocycles. The second kappa shape index (κ2) is 13.6. The van der Waals surface area contributed by atoms with Gasteiger partial charge in [0.15, 0.2) is 0 Å². The maximum Gasteiger partial charge on any atom is 0.229 e. The van der Waals surface area contributed by atoms with Gasteiger partial charge in [0.2, 0.25) is 6.29 Å². The van der Waals surface area contributed by atoms with Crippen molar-refractivity contribution in [1.82, 2.24) is 0 Å². The van der Waals surface area contributed by atoms with Gasteiger partial charge in [-0.05, 0) is 28.1 Å². The van der Waals surface area contributed by atoms with Gasteiger partial charge in [-0.2, -0.15) is 0 Å². The second-order valence-corrected chi connectivity index (χ2v) is 10.2. The van der Waals surface area contributed by atoms with E-state index in [1.165, 1.54) is 0 Å². The fraction of sp³-hybridized carbons (Fsp3) is 0.222. The summed E-state index contributed by atoms with van der Waals surface area (Å²) in [5.74, 6) is 0.742. The Kier molecular flexibility index (Phi) is 9.00. The first-order chi connectivity index (χ1) is 20.3. The van der Waals surface area contributed by atoms with E-state index in [1.54, 1.807) is 0 Å². The number of hydrogen-bond donors (Lipinski definition) is 0. The van der Waals surface area contributed by atoms with Gasteiger partial charge in [-0.3, -0.25) is 0 Å². The highest BCUT2D eigenvalue weighted by Gasteiger charge is 2.44. The lowest BCUT2D eigenvalue weighted by Gasteiger charge is -2.42. The molecule has 0 saturated carbocycles. The van der Waals surface area contributed by atoms with Crippen LogP contribution in [0.5, 0.6) is 5.75 Å². The SMILES string of the molecule is c1ccc(COC2C(OCc3ccccc3)[C@H](OCc3ccccc3)CO[C@H]2Oc2cccc3ccccc23)cc1. The molecule has 2 unspecified atom stereocenters.